The third-order valence-electron chi connectivity index (χ3n) is 1.27. The predicted octanol–water partition coefficient (Wildman–Crippen LogP) is 0.903. The van der Waals surface area contributed by atoms with Gasteiger partial charge in [0.2, 0.25) is 0 Å². The lowest BCUT2D eigenvalue weighted by Gasteiger charge is -2.11. The van der Waals surface area contributed by atoms with Crippen molar-refractivity contribution in [2.75, 3.05) is 19.8 Å². The predicted molar refractivity (Wildman–Crippen MR) is 41.7 cm³/mol. The van der Waals surface area contributed by atoms with Gasteiger partial charge < -0.3 is 15.2 Å². The van der Waals surface area contributed by atoms with E-state index in [1.165, 1.54) is 0 Å². The largest absolute Gasteiger partial charge is 0.440 e. The summed E-state index contributed by atoms with van der Waals surface area (Å²) in [5, 5.41) is 10.6. The molecule has 0 heterocycles. The van der Waals surface area contributed by atoms with Gasteiger partial charge in [-0.05, 0) is 5.92 Å². The fraction of sp³-hybridized carbons (Fsp3) is 0.857. The first kappa shape index (κ1) is 13.0. The number of rotatable bonds is 4. The highest BCUT2D eigenvalue weighted by atomic mass is 19.4. The minimum absolute atomic E-state index is 0.0766. The molecule has 0 saturated heterocycles. The van der Waals surface area contributed by atoms with E-state index in [-0.39, 0.29) is 19.1 Å². The maximum absolute atomic E-state index is 11.5. The first-order chi connectivity index (χ1) is 6.35. The molecule has 0 aliphatic carbocycles. The topological polar surface area (TPSA) is 58.6 Å². The van der Waals surface area contributed by atoms with Crippen molar-refractivity contribution in [1.82, 2.24) is 5.32 Å². The lowest BCUT2D eigenvalue weighted by molar-refractivity contribution is -0.160. The van der Waals surface area contributed by atoms with Crippen LogP contribution in [0.1, 0.15) is 6.92 Å². The normalized spacial score (nSPS) is 13.5. The monoisotopic (exact) mass is 215 g/mol. The molecule has 0 aromatic carbocycles. The summed E-state index contributed by atoms with van der Waals surface area (Å²) in [6, 6.07) is 0. The van der Waals surface area contributed by atoms with Gasteiger partial charge in [0.15, 0.2) is 6.61 Å². The first-order valence-corrected chi connectivity index (χ1v) is 3.93. The molecule has 0 aromatic heterocycles. The minimum atomic E-state index is -4.51. The molecular formula is C7H12F3NO3. The van der Waals surface area contributed by atoms with E-state index in [9.17, 15) is 18.0 Å². The number of alkyl halides is 3. The lowest BCUT2D eigenvalue weighted by Crippen LogP contribution is -2.32. The highest BCUT2D eigenvalue weighted by Crippen LogP contribution is 2.14. The van der Waals surface area contributed by atoms with Gasteiger partial charge in [-0.3, -0.25) is 0 Å². The molecular weight excluding hydrogens is 203 g/mol. The van der Waals surface area contributed by atoms with Gasteiger partial charge in [-0.1, -0.05) is 6.92 Å². The third kappa shape index (κ3) is 7.66. The Morgan fingerprint density at radius 2 is 2.14 bits per heavy atom. The summed E-state index contributed by atoms with van der Waals surface area (Å²) in [7, 11) is 0. The lowest BCUT2D eigenvalue weighted by atomic mass is 10.2. The molecule has 0 radical (unpaired) electrons. The van der Waals surface area contributed by atoms with Crippen LogP contribution in [0.5, 0.6) is 0 Å². The molecule has 0 rings (SSSR count). The summed E-state index contributed by atoms with van der Waals surface area (Å²) < 4.78 is 38.5. The zero-order valence-electron chi connectivity index (χ0n) is 7.60. The molecule has 84 valence electrons. The van der Waals surface area contributed by atoms with Crippen molar-refractivity contribution in [3.05, 3.63) is 0 Å². The molecule has 14 heavy (non-hydrogen) atoms. The summed E-state index contributed by atoms with van der Waals surface area (Å²) >= 11 is 0. The standard InChI is InChI=1S/C7H12F3NO3/c1-5(3-12)2-11-6(13)14-4-7(8,9)10/h5,12H,2-4H2,1H3,(H,11,13). The van der Waals surface area contributed by atoms with Crippen molar-refractivity contribution in [2.24, 2.45) is 5.92 Å². The van der Waals surface area contributed by atoms with Crippen LogP contribution in [0.2, 0.25) is 0 Å². The van der Waals surface area contributed by atoms with Crippen LogP contribution in [-0.4, -0.2) is 37.1 Å². The highest BCUT2D eigenvalue weighted by molar-refractivity contribution is 5.67. The molecule has 0 aromatic rings. The quantitative estimate of drug-likeness (QED) is 0.732. The van der Waals surface area contributed by atoms with Crippen molar-refractivity contribution in [2.45, 2.75) is 13.1 Å². The number of nitrogens with one attached hydrogen (secondary N) is 1. The highest BCUT2D eigenvalue weighted by Gasteiger charge is 2.29. The second-order valence-corrected chi connectivity index (χ2v) is 2.86. The van der Waals surface area contributed by atoms with Crippen LogP contribution < -0.4 is 5.32 Å². The molecule has 1 unspecified atom stereocenters. The molecule has 0 spiro atoms. The van der Waals surface area contributed by atoms with Crippen molar-refractivity contribution in [3.8, 4) is 0 Å². The number of alkyl carbamates (subject to hydrolysis) is 1. The second kappa shape index (κ2) is 5.69. The maximum Gasteiger partial charge on any atom is 0.422 e. The van der Waals surface area contributed by atoms with Crippen LogP contribution in [0.4, 0.5) is 18.0 Å². The van der Waals surface area contributed by atoms with Crippen LogP contribution in [0.3, 0.4) is 0 Å². The first-order valence-electron chi connectivity index (χ1n) is 3.93. The van der Waals surface area contributed by atoms with Crippen molar-refractivity contribution < 1.29 is 27.8 Å². The van der Waals surface area contributed by atoms with Crippen LogP contribution in [-0.2, 0) is 4.74 Å². The number of carbonyl (C=O) groups excluding carboxylic acids is 1. The minimum Gasteiger partial charge on any atom is -0.440 e. The van der Waals surface area contributed by atoms with Gasteiger partial charge in [-0.15, -0.1) is 0 Å². The summed E-state index contributed by atoms with van der Waals surface area (Å²) in [4.78, 5) is 10.6. The van der Waals surface area contributed by atoms with E-state index < -0.39 is 18.9 Å². The van der Waals surface area contributed by atoms with Gasteiger partial charge in [0.1, 0.15) is 0 Å². The van der Waals surface area contributed by atoms with E-state index in [0.29, 0.717) is 0 Å². The van der Waals surface area contributed by atoms with Crippen LogP contribution in [0, 0.1) is 5.92 Å². The van der Waals surface area contributed by atoms with Gasteiger partial charge in [-0.25, -0.2) is 4.79 Å². The molecule has 0 aliphatic rings. The van der Waals surface area contributed by atoms with E-state index in [1.54, 1.807) is 6.92 Å². The zero-order valence-corrected chi connectivity index (χ0v) is 7.60. The maximum atomic E-state index is 11.5. The fourth-order valence-electron chi connectivity index (χ4n) is 0.521. The van der Waals surface area contributed by atoms with Gasteiger partial charge in [0.05, 0.1) is 0 Å². The Labute approximate surface area is 79.0 Å². The van der Waals surface area contributed by atoms with E-state index in [1.807, 2.05) is 0 Å². The Kier molecular flexibility index (Phi) is 5.29. The number of hydrogen-bond acceptors (Lipinski definition) is 3. The molecule has 1 atom stereocenters. The molecule has 1 amide bonds. The number of amides is 1. The summed E-state index contributed by atoms with van der Waals surface area (Å²) in [5.41, 5.74) is 0. The molecule has 0 aliphatic heterocycles. The van der Waals surface area contributed by atoms with Crippen molar-refractivity contribution in [1.29, 1.82) is 0 Å². The average molecular weight is 215 g/mol. The van der Waals surface area contributed by atoms with Gasteiger partial charge in [-0.2, -0.15) is 13.2 Å². The number of aliphatic hydroxyl groups excluding tert-OH is 1. The van der Waals surface area contributed by atoms with E-state index in [0.717, 1.165) is 0 Å². The van der Waals surface area contributed by atoms with Gasteiger partial charge in [0.25, 0.3) is 0 Å². The molecule has 0 fully saturated rings. The Morgan fingerprint density at radius 3 is 2.57 bits per heavy atom. The summed E-state index contributed by atoms with van der Waals surface area (Å²) in [5.74, 6) is -0.214. The Hall–Kier alpha value is -0.980. The fourth-order valence-corrected chi connectivity index (χ4v) is 0.521. The van der Waals surface area contributed by atoms with Crippen LogP contribution >= 0.6 is 0 Å². The second-order valence-electron chi connectivity index (χ2n) is 2.86. The van der Waals surface area contributed by atoms with Crippen molar-refractivity contribution >= 4 is 6.09 Å². The van der Waals surface area contributed by atoms with Crippen LogP contribution in [0.15, 0.2) is 0 Å². The van der Waals surface area contributed by atoms with E-state index in [4.69, 9.17) is 5.11 Å². The molecule has 2 N–H and O–H groups in total. The SMILES string of the molecule is CC(CO)CNC(=O)OCC(F)(F)F. The Balaban J connectivity index is 3.57. The van der Waals surface area contributed by atoms with E-state index in [2.05, 4.69) is 10.1 Å². The average Bonchev–Trinajstić information content (AvgIpc) is 2.09. The number of hydrogen-bond donors (Lipinski definition) is 2. The molecule has 4 nitrogen and oxygen atoms in total. The Bertz CT molecular complexity index is 184. The van der Waals surface area contributed by atoms with Gasteiger partial charge >= 0.3 is 12.3 Å². The third-order valence-corrected chi connectivity index (χ3v) is 1.27. The van der Waals surface area contributed by atoms with E-state index >= 15 is 0 Å². The summed E-state index contributed by atoms with van der Waals surface area (Å²) in [6.07, 6.45) is -5.65. The smallest absolute Gasteiger partial charge is 0.422 e. The molecule has 7 heteroatoms. The molecule has 0 bridgehead atoms. The number of ether oxygens (including phenoxy) is 1. The Morgan fingerprint density at radius 1 is 1.57 bits per heavy atom. The van der Waals surface area contributed by atoms with Crippen LogP contribution in [0.25, 0.3) is 0 Å². The summed E-state index contributed by atoms with van der Waals surface area (Å²) in [6.45, 7) is -0.0525. The van der Waals surface area contributed by atoms with Gasteiger partial charge in [0, 0.05) is 13.2 Å². The number of carbonyl (C=O) groups is 1. The number of aliphatic hydroxyl groups is 1. The van der Waals surface area contributed by atoms with Crippen molar-refractivity contribution in [3.63, 3.8) is 0 Å². The number of halogens is 3. The zero-order chi connectivity index (χ0) is 11.2. The molecule has 0 saturated carbocycles.